The van der Waals surface area contributed by atoms with Gasteiger partial charge < -0.3 is 5.32 Å². The van der Waals surface area contributed by atoms with E-state index in [0.29, 0.717) is 0 Å². The zero-order chi connectivity index (χ0) is 10.5. The van der Waals surface area contributed by atoms with Gasteiger partial charge in [-0.3, -0.25) is 4.68 Å². The zero-order valence-corrected chi connectivity index (χ0v) is 10.5. The third-order valence-electron chi connectivity index (χ3n) is 1.94. The highest BCUT2D eigenvalue weighted by molar-refractivity contribution is 9.11. The molecule has 0 atom stereocenters. The summed E-state index contributed by atoms with van der Waals surface area (Å²) in [6, 6.07) is 2.13. The van der Waals surface area contributed by atoms with Gasteiger partial charge >= 0.3 is 0 Å². The van der Waals surface area contributed by atoms with Crippen LogP contribution in [-0.4, -0.2) is 21.3 Å². The van der Waals surface area contributed by atoms with Gasteiger partial charge in [0.05, 0.1) is 10.3 Å². The number of aromatic nitrogens is 3. The Balaban J connectivity index is 1.67. The standard InChI is InChI=1S/C9H11BrN4S/c10-9-3-8(5-15-9)4-11-1-2-14-7-12-6-13-14/h3,5-7,11H,1-2,4H2. The van der Waals surface area contributed by atoms with Crippen LogP contribution in [0.25, 0.3) is 0 Å². The molecule has 0 amide bonds. The Bertz CT molecular complexity index is 398. The molecule has 1 N–H and O–H groups in total. The average Bonchev–Trinajstić information content (AvgIpc) is 2.84. The van der Waals surface area contributed by atoms with Gasteiger partial charge in [-0.2, -0.15) is 5.10 Å². The summed E-state index contributed by atoms with van der Waals surface area (Å²) in [7, 11) is 0. The van der Waals surface area contributed by atoms with Gasteiger partial charge in [-0.15, -0.1) is 11.3 Å². The number of nitrogens with one attached hydrogen (secondary N) is 1. The van der Waals surface area contributed by atoms with E-state index < -0.39 is 0 Å². The molecule has 2 heterocycles. The van der Waals surface area contributed by atoms with E-state index in [4.69, 9.17) is 0 Å². The number of hydrogen-bond donors (Lipinski definition) is 1. The van der Waals surface area contributed by atoms with Gasteiger partial charge in [-0.05, 0) is 32.9 Å². The van der Waals surface area contributed by atoms with Crippen molar-refractivity contribution in [1.29, 1.82) is 0 Å². The third kappa shape index (κ3) is 3.40. The summed E-state index contributed by atoms with van der Waals surface area (Å²) in [6.07, 6.45) is 3.28. The molecule has 0 aliphatic heterocycles. The van der Waals surface area contributed by atoms with Crippen LogP contribution in [0.5, 0.6) is 0 Å². The smallest absolute Gasteiger partial charge is 0.137 e. The monoisotopic (exact) mass is 286 g/mol. The molecule has 0 radical (unpaired) electrons. The fourth-order valence-corrected chi connectivity index (χ4v) is 2.42. The molecule has 0 saturated carbocycles. The summed E-state index contributed by atoms with van der Waals surface area (Å²) in [4.78, 5) is 3.88. The van der Waals surface area contributed by atoms with Gasteiger partial charge in [-0.25, -0.2) is 4.98 Å². The van der Waals surface area contributed by atoms with Crippen LogP contribution in [0.4, 0.5) is 0 Å². The van der Waals surface area contributed by atoms with Crippen molar-refractivity contribution < 1.29 is 0 Å². The highest BCUT2D eigenvalue weighted by Crippen LogP contribution is 2.20. The van der Waals surface area contributed by atoms with Crippen LogP contribution < -0.4 is 5.32 Å². The second-order valence-corrected chi connectivity index (χ2v) is 5.38. The fraction of sp³-hybridized carbons (Fsp3) is 0.333. The van der Waals surface area contributed by atoms with Crippen LogP contribution in [0.15, 0.2) is 27.9 Å². The molecule has 0 unspecified atom stereocenters. The SMILES string of the molecule is Brc1cc(CNCCn2cncn2)cs1. The number of nitrogens with zero attached hydrogens (tertiary/aromatic N) is 3. The van der Waals surface area contributed by atoms with E-state index in [9.17, 15) is 0 Å². The van der Waals surface area contributed by atoms with E-state index in [-0.39, 0.29) is 0 Å². The lowest BCUT2D eigenvalue weighted by Crippen LogP contribution is -2.19. The summed E-state index contributed by atoms with van der Waals surface area (Å²) in [6.45, 7) is 2.65. The first-order chi connectivity index (χ1) is 7.34. The van der Waals surface area contributed by atoms with Gasteiger partial charge in [0.1, 0.15) is 12.7 Å². The van der Waals surface area contributed by atoms with E-state index in [0.717, 1.165) is 19.6 Å². The predicted molar refractivity (Wildman–Crippen MR) is 63.7 cm³/mol. The van der Waals surface area contributed by atoms with Crippen LogP contribution in [0.2, 0.25) is 0 Å². The molecule has 0 aromatic carbocycles. The quantitative estimate of drug-likeness (QED) is 0.854. The largest absolute Gasteiger partial charge is 0.311 e. The third-order valence-corrected chi connectivity index (χ3v) is 3.49. The van der Waals surface area contributed by atoms with Crippen molar-refractivity contribution in [2.24, 2.45) is 0 Å². The maximum absolute atomic E-state index is 4.03. The molecule has 0 fully saturated rings. The van der Waals surface area contributed by atoms with Crippen molar-refractivity contribution in [3.63, 3.8) is 0 Å². The molecular formula is C9H11BrN4S. The van der Waals surface area contributed by atoms with Crippen LogP contribution in [0.3, 0.4) is 0 Å². The minimum Gasteiger partial charge on any atom is -0.311 e. The summed E-state index contributed by atoms with van der Waals surface area (Å²) in [5, 5.41) is 9.52. The molecule has 0 aliphatic carbocycles. The Morgan fingerprint density at radius 3 is 3.13 bits per heavy atom. The molecule has 4 nitrogen and oxygen atoms in total. The Morgan fingerprint density at radius 1 is 1.53 bits per heavy atom. The van der Waals surface area contributed by atoms with Crippen LogP contribution in [0, 0.1) is 0 Å². The lowest BCUT2D eigenvalue weighted by Gasteiger charge is -2.02. The van der Waals surface area contributed by atoms with Gasteiger partial charge in [0, 0.05) is 13.1 Å². The lowest BCUT2D eigenvalue weighted by atomic mass is 10.3. The predicted octanol–water partition coefficient (Wildman–Crippen LogP) is 1.89. The number of halogens is 1. The van der Waals surface area contributed by atoms with E-state index >= 15 is 0 Å². The van der Waals surface area contributed by atoms with Crippen molar-refractivity contribution in [2.45, 2.75) is 13.1 Å². The van der Waals surface area contributed by atoms with Crippen LogP contribution in [0.1, 0.15) is 5.56 Å². The lowest BCUT2D eigenvalue weighted by molar-refractivity contribution is 0.554. The first-order valence-corrected chi connectivity index (χ1v) is 6.28. The van der Waals surface area contributed by atoms with Gasteiger partial charge in [-0.1, -0.05) is 0 Å². The molecule has 0 aliphatic rings. The van der Waals surface area contributed by atoms with Crippen molar-refractivity contribution in [3.8, 4) is 0 Å². The molecule has 2 rings (SSSR count). The van der Waals surface area contributed by atoms with Gasteiger partial charge in [0.15, 0.2) is 0 Å². The summed E-state index contributed by atoms with van der Waals surface area (Å²) in [5.41, 5.74) is 1.31. The Labute approximate surface area is 100 Å². The molecule has 80 valence electrons. The number of rotatable bonds is 5. The topological polar surface area (TPSA) is 42.7 Å². The highest BCUT2D eigenvalue weighted by Gasteiger charge is 1.96. The Morgan fingerprint density at radius 2 is 2.47 bits per heavy atom. The molecule has 2 aromatic heterocycles. The van der Waals surface area contributed by atoms with Crippen LogP contribution in [-0.2, 0) is 13.1 Å². The molecule has 0 bridgehead atoms. The molecule has 6 heteroatoms. The summed E-state index contributed by atoms with van der Waals surface area (Å²) < 4.78 is 2.99. The van der Waals surface area contributed by atoms with E-state index in [2.05, 4.69) is 42.8 Å². The first-order valence-electron chi connectivity index (χ1n) is 4.60. The maximum Gasteiger partial charge on any atom is 0.137 e. The van der Waals surface area contributed by atoms with Crippen LogP contribution >= 0.6 is 27.3 Å². The molecule has 0 saturated heterocycles. The van der Waals surface area contributed by atoms with E-state index in [1.54, 1.807) is 24.0 Å². The number of thiophene rings is 1. The summed E-state index contributed by atoms with van der Waals surface area (Å²) in [5.74, 6) is 0. The van der Waals surface area contributed by atoms with E-state index in [1.165, 1.54) is 9.35 Å². The van der Waals surface area contributed by atoms with Gasteiger partial charge in [0.2, 0.25) is 0 Å². The Kier molecular flexibility index (Phi) is 3.87. The van der Waals surface area contributed by atoms with E-state index in [1.807, 2.05) is 4.68 Å². The highest BCUT2D eigenvalue weighted by atomic mass is 79.9. The van der Waals surface area contributed by atoms with Gasteiger partial charge in [0.25, 0.3) is 0 Å². The maximum atomic E-state index is 4.03. The molecule has 0 spiro atoms. The fourth-order valence-electron chi connectivity index (χ4n) is 1.21. The second kappa shape index (κ2) is 5.39. The second-order valence-electron chi connectivity index (χ2n) is 3.09. The van der Waals surface area contributed by atoms with Crippen molar-refractivity contribution in [2.75, 3.05) is 6.54 Å². The minimum absolute atomic E-state index is 0.852. The molecule has 2 aromatic rings. The van der Waals surface area contributed by atoms with Crippen molar-refractivity contribution >= 4 is 27.3 Å². The molecular weight excluding hydrogens is 276 g/mol. The Hall–Kier alpha value is -0.720. The minimum atomic E-state index is 0.852. The normalized spacial score (nSPS) is 10.7. The van der Waals surface area contributed by atoms with Crippen molar-refractivity contribution in [1.82, 2.24) is 20.1 Å². The van der Waals surface area contributed by atoms with Crippen molar-refractivity contribution in [3.05, 3.63) is 33.5 Å². The zero-order valence-electron chi connectivity index (χ0n) is 8.06. The average molecular weight is 287 g/mol. The molecule has 15 heavy (non-hydrogen) atoms. The first kappa shape index (κ1) is 10.8. The number of hydrogen-bond acceptors (Lipinski definition) is 4. The summed E-state index contributed by atoms with van der Waals surface area (Å²) >= 11 is 5.15.